The molecule has 3 fully saturated rings. The third-order valence-corrected chi connectivity index (χ3v) is 9.07. The standard InChI is InChI=1S/C32H36N6O2/c1-21-26(7-4-8-28(21)36-32(39)38-18-23-5-2-3-6-24(23)19-38)30-27-17-29(35-31(27)34-20-33-30)22-9-11-25(12-10-22)37-13-15-40-16-14-37/h4,7-12,17,20,23-24H,2-3,5-6,13-16,18-19H2,1H3,(H,36,39)(H,33,34,35). The van der Waals surface area contributed by atoms with Gasteiger partial charge in [0.25, 0.3) is 0 Å². The Morgan fingerprint density at radius 3 is 2.50 bits per heavy atom. The van der Waals surface area contributed by atoms with Crippen molar-refractivity contribution in [3.63, 3.8) is 0 Å². The van der Waals surface area contributed by atoms with Crippen molar-refractivity contribution in [3.8, 4) is 22.5 Å². The van der Waals surface area contributed by atoms with Gasteiger partial charge < -0.3 is 24.8 Å². The van der Waals surface area contributed by atoms with Gasteiger partial charge in [0.15, 0.2) is 0 Å². The van der Waals surface area contributed by atoms with E-state index in [1.54, 1.807) is 6.33 Å². The summed E-state index contributed by atoms with van der Waals surface area (Å²) >= 11 is 0. The van der Waals surface area contributed by atoms with E-state index in [-0.39, 0.29) is 6.03 Å². The molecule has 7 rings (SSSR count). The first kappa shape index (κ1) is 25.1. The molecular weight excluding hydrogens is 500 g/mol. The van der Waals surface area contributed by atoms with Gasteiger partial charge in [0, 0.05) is 54.2 Å². The van der Waals surface area contributed by atoms with E-state index in [9.17, 15) is 4.79 Å². The zero-order valence-electron chi connectivity index (χ0n) is 23.0. The van der Waals surface area contributed by atoms with Crippen LogP contribution in [0, 0.1) is 18.8 Å². The van der Waals surface area contributed by atoms with E-state index in [4.69, 9.17) is 9.72 Å². The first-order chi connectivity index (χ1) is 19.6. The van der Waals surface area contributed by atoms with Crippen LogP contribution in [0.2, 0.25) is 0 Å². The Labute approximate surface area is 234 Å². The van der Waals surface area contributed by atoms with Crippen molar-refractivity contribution in [1.82, 2.24) is 19.9 Å². The van der Waals surface area contributed by atoms with E-state index < -0.39 is 0 Å². The lowest BCUT2D eigenvalue weighted by Gasteiger charge is -2.28. The number of fused-ring (bicyclic) bond motifs is 2. The van der Waals surface area contributed by atoms with Gasteiger partial charge in [0.1, 0.15) is 12.0 Å². The first-order valence-electron chi connectivity index (χ1n) is 14.6. The Morgan fingerprint density at radius 2 is 1.75 bits per heavy atom. The van der Waals surface area contributed by atoms with E-state index >= 15 is 0 Å². The number of carbonyl (C=O) groups excluding carboxylic acids is 1. The molecule has 1 aliphatic carbocycles. The normalized spacial score (nSPS) is 21.0. The van der Waals surface area contributed by atoms with E-state index in [0.29, 0.717) is 11.8 Å². The number of amides is 2. The number of aromatic amines is 1. The number of nitrogens with one attached hydrogen (secondary N) is 2. The fourth-order valence-corrected chi connectivity index (χ4v) is 6.78. The number of nitrogens with zero attached hydrogens (tertiary/aromatic N) is 4. The van der Waals surface area contributed by atoms with Gasteiger partial charge in [-0.3, -0.25) is 0 Å². The Morgan fingerprint density at radius 1 is 1.00 bits per heavy atom. The van der Waals surface area contributed by atoms with E-state index in [1.807, 2.05) is 17.0 Å². The van der Waals surface area contributed by atoms with Crippen molar-refractivity contribution in [2.45, 2.75) is 32.6 Å². The zero-order chi connectivity index (χ0) is 27.1. The molecule has 1 saturated carbocycles. The number of carbonyl (C=O) groups is 1. The molecule has 0 spiro atoms. The Hall–Kier alpha value is -3.91. The Balaban J connectivity index is 1.14. The molecule has 2 aromatic heterocycles. The molecule has 4 aromatic rings. The zero-order valence-corrected chi connectivity index (χ0v) is 23.0. The lowest BCUT2D eigenvalue weighted by Crippen LogP contribution is -2.36. The molecule has 40 heavy (non-hydrogen) atoms. The number of urea groups is 1. The van der Waals surface area contributed by atoms with Crippen LogP contribution < -0.4 is 10.2 Å². The van der Waals surface area contributed by atoms with Crippen LogP contribution in [0.25, 0.3) is 33.5 Å². The van der Waals surface area contributed by atoms with E-state index in [1.165, 1.54) is 31.4 Å². The van der Waals surface area contributed by atoms with Crippen LogP contribution in [-0.4, -0.2) is 65.3 Å². The number of hydrogen-bond donors (Lipinski definition) is 2. The van der Waals surface area contributed by atoms with Crippen LogP contribution in [-0.2, 0) is 4.74 Å². The molecule has 2 aromatic carbocycles. The molecule has 0 radical (unpaired) electrons. The number of rotatable bonds is 4. The smallest absolute Gasteiger partial charge is 0.321 e. The van der Waals surface area contributed by atoms with Crippen molar-refractivity contribution in [2.75, 3.05) is 49.6 Å². The Bertz CT molecular complexity index is 1510. The summed E-state index contributed by atoms with van der Waals surface area (Å²) < 4.78 is 5.49. The summed E-state index contributed by atoms with van der Waals surface area (Å²) in [6.45, 7) is 7.19. The summed E-state index contributed by atoms with van der Waals surface area (Å²) in [5, 5.41) is 4.17. The SMILES string of the molecule is Cc1c(NC(=O)N2CC3CCCCC3C2)cccc1-c1ncnc2[nH]c(-c3ccc(N4CCOCC4)cc3)cc12. The highest BCUT2D eigenvalue weighted by atomic mass is 16.5. The average Bonchev–Trinajstić information content (AvgIpc) is 3.64. The predicted octanol–water partition coefficient (Wildman–Crippen LogP) is 6.09. The van der Waals surface area contributed by atoms with Crippen LogP contribution >= 0.6 is 0 Å². The van der Waals surface area contributed by atoms with Crippen molar-refractivity contribution in [2.24, 2.45) is 11.8 Å². The minimum absolute atomic E-state index is 0.00643. The highest BCUT2D eigenvalue weighted by Crippen LogP contribution is 2.37. The van der Waals surface area contributed by atoms with Crippen LogP contribution in [0.1, 0.15) is 31.2 Å². The van der Waals surface area contributed by atoms with E-state index in [2.05, 4.69) is 63.5 Å². The predicted molar refractivity (Wildman–Crippen MR) is 159 cm³/mol. The minimum Gasteiger partial charge on any atom is -0.378 e. The number of H-pyrrole nitrogens is 1. The fraction of sp³-hybridized carbons (Fsp3) is 0.406. The van der Waals surface area contributed by atoms with Gasteiger partial charge in [-0.1, -0.05) is 37.1 Å². The second kappa shape index (κ2) is 10.6. The number of aromatic nitrogens is 3. The van der Waals surface area contributed by atoms with Gasteiger partial charge in [-0.15, -0.1) is 0 Å². The number of ether oxygens (including phenoxy) is 1. The molecule has 2 aliphatic heterocycles. The number of morpholine rings is 1. The molecule has 206 valence electrons. The number of likely N-dealkylation sites (tertiary alicyclic amines) is 1. The van der Waals surface area contributed by atoms with Gasteiger partial charge in [0.2, 0.25) is 0 Å². The molecular formula is C32H36N6O2. The summed E-state index contributed by atoms with van der Waals surface area (Å²) in [7, 11) is 0. The van der Waals surface area contributed by atoms with Crippen LogP contribution in [0.4, 0.5) is 16.2 Å². The fourth-order valence-electron chi connectivity index (χ4n) is 6.78. The molecule has 2 unspecified atom stereocenters. The maximum Gasteiger partial charge on any atom is 0.321 e. The molecule has 8 nitrogen and oxygen atoms in total. The van der Waals surface area contributed by atoms with Crippen LogP contribution in [0.15, 0.2) is 54.9 Å². The third kappa shape index (κ3) is 4.70. The van der Waals surface area contributed by atoms with Crippen LogP contribution in [0.5, 0.6) is 0 Å². The molecule has 2 atom stereocenters. The third-order valence-electron chi connectivity index (χ3n) is 9.07. The summed E-state index contributed by atoms with van der Waals surface area (Å²) in [6.07, 6.45) is 6.71. The lowest BCUT2D eigenvalue weighted by atomic mass is 9.82. The molecule has 0 bridgehead atoms. The monoisotopic (exact) mass is 536 g/mol. The topological polar surface area (TPSA) is 86.4 Å². The minimum atomic E-state index is 0.00643. The molecule has 2 amide bonds. The molecule has 4 heterocycles. The van der Waals surface area contributed by atoms with Crippen molar-refractivity contribution in [3.05, 3.63) is 60.4 Å². The number of anilines is 2. The largest absolute Gasteiger partial charge is 0.378 e. The summed E-state index contributed by atoms with van der Waals surface area (Å²) in [4.78, 5) is 30.3. The number of benzene rings is 2. The maximum absolute atomic E-state index is 13.2. The number of hydrogen-bond acceptors (Lipinski definition) is 5. The molecule has 3 aliphatic rings. The highest BCUT2D eigenvalue weighted by molar-refractivity contribution is 5.97. The molecule has 2 N–H and O–H groups in total. The van der Waals surface area contributed by atoms with Gasteiger partial charge in [-0.2, -0.15) is 0 Å². The van der Waals surface area contributed by atoms with Gasteiger partial charge in [-0.05, 0) is 67.0 Å². The van der Waals surface area contributed by atoms with Crippen molar-refractivity contribution < 1.29 is 9.53 Å². The van der Waals surface area contributed by atoms with Gasteiger partial charge in [-0.25, -0.2) is 14.8 Å². The second-order valence-corrected chi connectivity index (χ2v) is 11.4. The average molecular weight is 537 g/mol. The maximum atomic E-state index is 13.2. The summed E-state index contributed by atoms with van der Waals surface area (Å²) in [5.41, 5.74) is 7.81. The quantitative estimate of drug-likeness (QED) is 0.330. The van der Waals surface area contributed by atoms with Crippen molar-refractivity contribution >= 4 is 28.4 Å². The Kier molecular flexibility index (Phi) is 6.63. The van der Waals surface area contributed by atoms with Gasteiger partial charge >= 0.3 is 6.03 Å². The molecule has 2 saturated heterocycles. The first-order valence-corrected chi connectivity index (χ1v) is 14.6. The second-order valence-electron chi connectivity index (χ2n) is 11.4. The van der Waals surface area contributed by atoms with Gasteiger partial charge in [0.05, 0.1) is 18.9 Å². The summed E-state index contributed by atoms with van der Waals surface area (Å²) in [5.74, 6) is 1.33. The van der Waals surface area contributed by atoms with Crippen LogP contribution in [0.3, 0.4) is 0 Å². The summed E-state index contributed by atoms with van der Waals surface area (Å²) in [6, 6.07) is 16.8. The highest BCUT2D eigenvalue weighted by Gasteiger charge is 2.36. The van der Waals surface area contributed by atoms with Crippen molar-refractivity contribution in [1.29, 1.82) is 0 Å². The van der Waals surface area contributed by atoms with E-state index in [0.717, 1.165) is 84.2 Å². The molecule has 8 heteroatoms. The lowest BCUT2D eigenvalue weighted by molar-refractivity contribution is 0.122.